The molecule has 0 spiro atoms. The number of benzene rings is 2. The second-order valence-corrected chi connectivity index (χ2v) is 8.85. The van der Waals surface area contributed by atoms with Crippen molar-refractivity contribution in [3.8, 4) is 22.4 Å². The molecular formula is C22H19FN4O3S. The topological polar surface area (TPSA) is 105 Å². The van der Waals surface area contributed by atoms with Crippen LogP contribution in [0.2, 0.25) is 0 Å². The number of pyridine rings is 1. The molecule has 0 saturated heterocycles. The van der Waals surface area contributed by atoms with E-state index in [1.807, 2.05) is 19.1 Å². The smallest absolute Gasteiger partial charge is 0.255 e. The van der Waals surface area contributed by atoms with Gasteiger partial charge in [-0.05, 0) is 54.4 Å². The fourth-order valence-corrected chi connectivity index (χ4v) is 3.91. The van der Waals surface area contributed by atoms with Crippen LogP contribution in [0.15, 0.2) is 59.7 Å². The van der Waals surface area contributed by atoms with Gasteiger partial charge in [-0.15, -0.1) is 0 Å². The number of nitrogens with one attached hydrogen (secondary N) is 2. The minimum atomic E-state index is -3.52. The fraction of sp³-hybridized carbons (Fsp3) is 0.136. The van der Waals surface area contributed by atoms with E-state index in [2.05, 4.69) is 19.7 Å². The second-order valence-electron chi connectivity index (χ2n) is 7.10. The van der Waals surface area contributed by atoms with Gasteiger partial charge in [0.15, 0.2) is 0 Å². The first kappa shape index (κ1) is 20.7. The molecule has 7 nitrogen and oxygen atoms in total. The number of aromatic amines is 1. The number of hydrogen-bond donors (Lipinski definition) is 2. The zero-order valence-corrected chi connectivity index (χ0v) is 17.6. The molecule has 0 atom stereocenters. The van der Waals surface area contributed by atoms with Crippen molar-refractivity contribution in [2.75, 3.05) is 11.0 Å². The first-order valence-corrected chi connectivity index (χ1v) is 11.4. The standard InChI is InChI=1S/C22H19FN4O3S/c1-3-13-9-17(15-5-4-8-24-22(15)28)21-19(10-13)26-20(12-25-21)16-7-6-14(11-18(16)23)27-31(2,29)30/h4-12,27H,3H2,1-2H3,(H,24,28). The molecule has 9 heteroatoms. The van der Waals surface area contributed by atoms with Gasteiger partial charge >= 0.3 is 0 Å². The average Bonchev–Trinajstić information content (AvgIpc) is 2.72. The van der Waals surface area contributed by atoms with E-state index in [1.54, 1.807) is 18.3 Å². The summed E-state index contributed by atoms with van der Waals surface area (Å²) in [6.45, 7) is 1.99. The van der Waals surface area contributed by atoms with E-state index in [1.165, 1.54) is 18.3 Å². The van der Waals surface area contributed by atoms with E-state index in [4.69, 9.17) is 0 Å². The highest BCUT2D eigenvalue weighted by Crippen LogP contribution is 2.30. The number of anilines is 1. The molecule has 2 aromatic heterocycles. The molecule has 0 radical (unpaired) electrons. The Bertz CT molecular complexity index is 1470. The van der Waals surface area contributed by atoms with Gasteiger partial charge in [-0.1, -0.05) is 6.92 Å². The lowest BCUT2D eigenvalue weighted by molar-refractivity contribution is 0.606. The minimum absolute atomic E-state index is 0.122. The number of H-pyrrole nitrogens is 1. The molecule has 0 bridgehead atoms. The SMILES string of the molecule is CCc1cc(-c2ccc[nH]c2=O)c2ncc(-c3ccc(NS(C)(=O)=O)cc3F)nc2c1. The maximum Gasteiger partial charge on any atom is 0.255 e. The van der Waals surface area contributed by atoms with Gasteiger partial charge in [0.1, 0.15) is 5.82 Å². The van der Waals surface area contributed by atoms with Crippen LogP contribution < -0.4 is 10.3 Å². The summed E-state index contributed by atoms with van der Waals surface area (Å²) in [6.07, 6.45) is 4.72. The summed E-state index contributed by atoms with van der Waals surface area (Å²) in [5.74, 6) is -0.631. The van der Waals surface area contributed by atoms with Gasteiger partial charge in [-0.2, -0.15) is 0 Å². The predicted molar refractivity (Wildman–Crippen MR) is 119 cm³/mol. The van der Waals surface area contributed by atoms with E-state index in [0.29, 0.717) is 27.9 Å². The van der Waals surface area contributed by atoms with Gasteiger partial charge < -0.3 is 4.98 Å². The van der Waals surface area contributed by atoms with Gasteiger partial charge in [0, 0.05) is 22.9 Å². The summed E-state index contributed by atoms with van der Waals surface area (Å²) in [5.41, 5.74) is 3.55. The van der Waals surface area contributed by atoms with Gasteiger partial charge in [-0.25, -0.2) is 17.8 Å². The van der Waals surface area contributed by atoms with Gasteiger partial charge in [0.25, 0.3) is 5.56 Å². The van der Waals surface area contributed by atoms with Crippen LogP contribution in [0.3, 0.4) is 0 Å². The van der Waals surface area contributed by atoms with Crippen molar-refractivity contribution in [3.05, 3.63) is 76.6 Å². The fourth-order valence-electron chi connectivity index (χ4n) is 3.36. The van der Waals surface area contributed by atoms with E-state index >= 15 is 0 Å². The lowest BCUT2D eigenvalue weighted by Crippen LogP contribution is -2.09. The third-order valence-electron chi connectivity index (χ3n) is 4.77. The molecule has 4 rings (SSSR count). The number of hydrogen-bond acceptors (Lipinski definition) is 5. The summed E-state index contributed by atoms with van der Waals surface area (Å²) in [7, 11) is -3.52. The molecule has 0 fully saturated rings. The van der Waals surface area contributed by atoms with Crippen LogP contribution in [-0.4, -0.2) is 29.6 Å². The van der Waals surface area contributed by atoms with E-state index in [0.717, 1.165) is 24.3 Å². The molecule has 31 heavy (non-hydrogen) atoms. The number of fused-ring (bicyclic) bond motifs is 1. The van der Waals surface area contributed by atoms with Crippen molar-refractivity contribution in [2.24, 2.45) is 0 Å². The summed E-state index contributed by atoms with van der Waals surface area (Å²) in [5, 5.41) is 0. The minimum Gasteiger partial charge on any atom is -0.329 e. The number of aromatic nitrogens is 3. The van der Waals surface area contributed by atoms with E-state index < -0.39 is 15.8 Å². The molecule has 2 aromatic carbocycles. The van der Waals surface area contributed by atoms with Crippen LogP contribution in [0, 0.1) is 5.82 Å². The number of nitrogens with zero attached hydrogens (tertiary/aromatic N) is 2. The Morgan fingerprint density at radius 1 is 1.10 bits per heavy atom. The molecule has 0 saturated carbocycles. The van der Waals surface area contributed by atoms with Crippen molar-refractivity contribution < 1.29 is 12.8 Å². The molecule has 0 aliphatic heterocycles. The lowest BCUT2D eigenvalue weighted by Gasteiger charge is -2.11. The van der Waals surface area contributed by atoms with Gasteiger partial charge in [0.05, 0.1) is 34.9 Å². The Morgan fingerprint density at radius 3 is 2.58 bits per heavy atom. The third kappa shape index (κ3) is 4.31. The number of rotatable bonds is 5. The Labute approximate surface area is 178 Å². The predicted octanol–water partition coefficient (Wildman–Crippen LogP) is 3.73. The normalized spacial score (nSPS) is 11.6. The Morgan fingerprint density at radius 2 is 1.90 bits per heavy atom. The summed E-state index contributed by atoms with van der Waals surface area (Å²) >= 11 is 0. The molecule has 0 amide bonds. The maximum absolute atomic E-state index is 14.7. The monoisotopic (exact) mass is 438 g/mol. The first-order valence-electron chi connectivity index (χ1n) is 9.50. The maximum atomic E-state index is 14.7. The van der Waals surface area contributed by atoms with Crippen LogP contribution in [0.25, 0.3) is 33.4 Å². The molecule has 4 aromatic rings. The van der Waals surface area contributed by atoms with Crippen molar-refractivity contribution in [3.63, 3.8) is 0 Å². The molecule has 0 aliphatic rings. The lowest BCUT2D eigenvalue weighted by atomic mass is 10.0. The van der Waals surface area contributed by atoms with Crippen molar-refractivity contribution >= 4 is 26.7 Å². The second kappa shape index (κ2) is 7.92. The molecule has 0 unspecified atom stereocenters. The van der Waals surface area contributed by atoms with Crippen LogP contribution in [-0.2, 0) is 16.4 Å². The van der Waals surface area contributed by atoms with Crippen LogP contribution in [0.4, 0.5) is 10.1 Å². The Hall–Kier alpha value is -3.59. The number of halogens is 1. The first-order chi connectivity index (χ1) is 14.7. The zero-order chi connectivity index (χ0) is 22.2. The number of aryl methyl sites for hydroxylation is 1. The van der Waals surface area contributed by atoms with Gasteiger partial charge in [-0.3, -0.25) is 14.5 Å². The summed E-state index contributed by atoms with van der Waals surface area (Å²) < 4.78 is 39.7. The number of sulfonamides is 1. The molecule has 158 valence electrons. The summed E-state index contributed by atoms with van der Waals surface area (Å²) in [6, 6.07) is 11.2. The highest BCUT2D eigenvalue weighted by atomic mass is 32.2. The van der Waals surface area contributed by atoms with Crippen LogP contribution in [0.5, 0.6) is 0 Å². The highest BCUT2D eigenvalue weighted by molar-refractivity contribution is 7.92. The Kier molecular flexibility index (Phi) is 5.28. The molecule has 0 aliphatic carbocycles. The molecule has 2 heterocycles. The molecule has 2 N–H and O–H groups in total. The van der Waals surface area contributed by atoms with Crippen molar-refractivity contribution in [2.45, 2.75) is 13.3 Å². The van der Waals surface area contributed by atoms with Gasteiger partial charge in [0.2, 0.25) is 10.0 Å². The zero-order valence-electron chi connectivity index (χ0n) is 16.8. The van der Waals surface area contributed by atoms with E-state index in [-0.39, 0.29) is 16.8 Å². The average molecular weight is 438 g/mol. The third-order valence-corrected chi connectivity index (χ3v) is 5.38. The van der Waals surface area contributed by atoms with E-state index in [9.17, 15) is 17.6 Å². The van der Waals surface area contributed by atoms with Crippen molar-refractivity contribution in [1.29, 1.82) is 0 Å². The Balaban J connectivity index is 1.86. The molecular weight excluding hydrogens is 419 g/mol. The largest absolute Gasteiger partial charge is 0.329 e. The van der Waals surface area contributed by atoms with Crippen LogP contribution >= 0.6 is 0 Å². The summed E-state index contributed by atoms with van der Waals surface area (Å²) in [4.78, 5) is 24.1. The van der Waals surface area contributed by atoms with Crippen LogP contribution in [0.1, 0.15) is 12.5 Å². The highest BCUT2D eigenvalue weighted by Gasteiger charge is 2.15. The quantitative estimate of drug-likeness (QED) is 0.494. The van der Waals surface area contributed by atoms with Crippen molar-refractivity contribution in [1.82, 2.24) is 15.0 Å².